The number of aromatic nitrogens is 2. The molecular weight excluding hydrogens is 556 g/mol. The predicted octanol–water partition coefficient (Wildman–Crippen LogP) is 4.39. The van der Waals surface area contributed by atoms with Crippen LogP contribution in [0.15, 0.2) is 26.8 Å². The van der Waals surface area contributed by atoms with Gasteiger partial charge in [-0.05, 0) is 74.4 Å². The van der Waals surface area contributed by atoms with E-state index < -0.39 is 0 Å². The van der Waals surface area contributed by atoms with E-state index in [2.05, 4.69) is 28.8 Å². The summed E-state index contributed by atoms with van der Waals surface area (Å²) in [5, 5.41) is 1.82. The SMILES string of the molecule is CCC1=C(C)C(=O)N=C1C=c1[nH]c(=Cc2[nH]c3c(c2C)C(=O)CC3=C2N=C(C(C)=O)C(C)C2CCC(=O)OC)c(CC)c1C. The Kier molecular flexibility index (Phi) is 8.42. The first kappa shape index (κ1) is 31.0. The Balaban J connectivity index is 1.62. The van der Waals surface area contributed by atoms with Crippen molar-refractivity contribution >= 4 is 52.6 Å². The van der Waals surface area contributed by atoms with Crippen LogP contribution in [0.1, 0.15) is 98.7 Å². The van der Waals surface area contributed by atoms with Crippen LogP contribution in [0.4, 0.5) is 0 Å². The van der Waals surface area contributed by atoms with E-state index in [-0.39, 0.29) is 48.1 Å². The first-order valence-corrected chi connectivity index (χ1v) is 15.3. The number of ketones is 2. The lowest BCUT2D eigenvalue weighted by molar-refractivity contribution is -0.140. The molecule has 0 spiro atoms. The summed E-state index contributed by atoms with van der Waals surface area (Å²) in [7, 11) is 1.36. The largest absolute Gasteiger partial charge is 0.469 e. The molecule has 5 rings (SSSR count). The molecule has 0 bridgehead atoms. The maximum absolute atomic E-state index is 13.4. The Bertz CT molecular complexity index is 1870. The van der Waals surface area contributed by atoms with Gasteiger partial charge >= 0.3 is 5.97 Å². The Hall–Kier alpha value is -4.40. The minimum absolute atomic E-state index is 0.00677. The number of nitrogens with zero attached hydrogens (tertiary/aromatic N) is 2. The predicted molar refractivity (Wildman–Crippen MR) is 171 cm³/mol. The molecule has 0 aromatic carbocycles. The second-order valence-electron chi connectivity index (χ2n) is 11.9. The third-order valence-corrected chi connectivity index (χ3v) is 9.42. The van der Waals surface area contributed by atoms with Crippen LogP contribution in [0.25, 0.3) is 17.7 Å². The standard InChI is InChI=1S/C35H40N4O5/c1-9-21-16(3)25(14-28-22(10-2)18(5)35(43)38-28)36-27(21)15-26-19(6)31-29(41)13-24(34(31)37-26)33-23(11-12-30(42)44-8)17(4)32(39-33)20(7)40/h14-15,17,23,36-37H,9-13H2,1-8H3. The zero-order valence-corrected chi connectivity index (χ0v) is 26.8. The van der Waals surface area contributed by atoms with Gasteiger partial charge < -0.3 is 14.7 Å². The fourth-order valence-corrected chi connectivity index (χ4v) is 6.91. The highest BCUT2D eigenvalue weighted by Gasteiger charge is 2.40. The van der Waals surface area contributed by atoms with Crippen LogP contribution >= 0.6 is 0 Å². The Morgan fingerprint density at radius 3 is 2.36 bits per heavy atom. The second-order valence-corrected chi connectivity index (χ2v) is 11.9. The van der Waals surface area contributed by atoms with E-state index in [0.29, 0.717) is 34.7 Å². The number of hydrogen-bond acceptors (Lipinski definition) is 6. The Labute approximate surface area is 257 Å². The number of methoxy groups -OCH3 is 1. The van der Waals surface area contributed by atoms with Crippen LogP contribution in [0, 0.1) is 25.7 Å². The summed E-state index contributed by atoms with van der Waals surface area (Å²) in [6.07, 6.45) is 6.38. The molecule has 2 aliphatic heterocycles. The zero-order chi connectivity index (χ0) is 32.0. The summed E-state index contributed by atoms with van der Waals surface area (Å²) in [5.41, 5.74) is 9.59. The number of hydrogen-bond donors (Lipinski definition) is 2. The smallest absolute Gasteiger partial charge is 0.305 e. The topological polar surface area (TPSA) is 134 Å². The van der Waals surface area contributed by atoms with Crippen molar-refractivity contribution in [3.63, 3.8) is 0 Å². The second kappa shape index (κ2) is 11.9. The van der Waals surface area contributed by atoms with E-state index in [9.17, 15) is 19.2 Å². The highest BCUT2D eigenvalue weighted by atomic mass is 16.5. The van der Waals surface area contributed by atoms with Crippen LogP contribution in [0.5, 0.6) is 0 Å². The minimum atomic E-state index is -0.318. The van der Waals surface area contributed by atoms with Crippen molar-refractivity contribution in [2.45, 2.75) is 80.6 Å². The van der Waals surface area contributed by atoms with E-state index in [0.717, 1.165) is 62.8 Å². The van der Waals surface area contributed by atoms with Crippen LogP contribution in [0.3, 0.4) is 0 Å². The van der Waals surface area contributed by atoms with Gasteiger partial charge in [-0.2, -0.15) is 0 Å². The Morgan fingerprint density at radius 2 is 1.73 bits per heavy atom. The molecule has 2 aromatic heterocycles. The van der Waals surface area contributed by atoms with E-state index >= 15 is 0 Å². The summed E-state index contributed by atoms with van der Waals surface area (Å²) < 4.78 is 4.86. The van der Waals surface area contributed by atoms with Gasteiger partial charge in [0.15, 0.2) is 11.6 Å². The third kappa shape index (κ3) is 5.18. The number of carbonyl (C=O) groups excluding carboxylic acids is 4. The van der Waals surface area contributed by atoms with Crippen molar-refractivity contribution in [3.05, 3.63) is 61.2 Å². The van der Waals surface area contributed by atoms with Crippen molar-refractivity contribution in [2.75, 3.05) is 7.11 Å². The first-order chi connectivity index (χ1) is 20.9. The summed E-state index contributed by atoms with van der Waals surface area (Å²) in [6.45, 7) is 13.4. The number of aliphatic imine (C=N–C) groups is 2. The number of nitrogens with one attached hydrogen (secondary N) is 2. The quantitative estimate of drug-likeness (QED) is 0.436. The Morgan fingerprint density at radius 1 is 1.00 bits per heavy atom. The fourth-order valence-electron chi connectivity index (χ4n) is 6.91. The summed E-state index contributed by atoms with van der Waals surface area (Å²) >= 11 is 0. The molecule has 0 saturated carbocycles. The first-order valence-electron chi connectivity index (χ1n) is 15.3. The average Bonchev–Trinajstić information content (AvgIpc) is 3.74. The summed E-state index contributed by atoms with van der Waals surface area (Å²) in [6, 6.07) is 0. The highest BCUT2D eigenvalue weighted by Crippen LogP contribution is 2.45. The molecule has 0 saturated heterocycles. The van der Waals surface area contributed by atoms with Crippen molar-refractivity contribution in [3.8, 4) is 0 Å². The lowest BCUT2D eigenvalue weighted by Gasteiger charge is -2.18. The van der Waals surface area contributed by atoms with Crippen molar-refractivity contribution in [1.82, 2.24) is 9.97 Å². The fraction of sp³-hybridized carbons (Fsp3) is 0.429. The summed E-state index contributed by atoms with van der Waals surface area (Å²) in [5.74, 6) is -0.950. The molecule has 2 unspecified atom stereocenters. The number of carbonyl (C=O) groups is 4. The number of esters is 1. The van der Waals surface area contributed by atoms with Gasteiger partial charge in [0.1, 0.15) is 0 Å². The number of H-pyrrole nitrogens is 2. The van der Waals surface area contributed by atoms with Gasteiger partial charge in [0, 0.05) is 64.7 Å². The minimum Gasteiger partial charge on any atom is -0.469 e. The molecule has 2 aromatic rings. The van der Waals surface area contributed by atoms with E-state index in [1.165, 1.54) is 14.0 Å². The van der Waals surface area contributed by atoms with Gasteiger partial charge in [0.25, 0.3) is 5.91 Å². The molecule has 4 heterocycles. The highest BCUT2D eigenvalue weighted by molar-refractivity contribution is 6.40. The van der Waals surface area contributed by atoms with Crippen LogP contribution in [-0.2, 0) is 25.5 Å². The molecule has 3 aliphatic rings. The van der Waals surface area contributed by atoms with Crippen LogP contribution in [-0.4, -0.2) is 51.9 Å². The maximum Gasteiger partial charge on any atom is 0.305 e. The molecule has 0 radical (unpaired) electrons. The molecule has 1 amide bonds. The number of rotatable bonds is 8. The number of Topliss-reactive ketones (excluding diaryl/α,β-unsaturated/α-hetero) is 2. The van der Waals surface area contributed by atoms with E-state index in [1.54, 1.807) is 0 Å². The number of ether oxygens (including phenoxy) is 1. The van der Waals surface area contributed by atoms with Gasteiger partial charge in [-0.3, -0.25) is 24.2 Å². The monoisotopic (exact) mass is 596 g/mol. The molecular formula is C35H40N4O5. The zero-order valence-electron chi connectivity index (χ0n) is 26.8. The molecule has 1 aliphatic carbocycles. The van der Waals surface area contributed by atoms with Crippen molar-refractivity contribution in [2.24, 2.45) is 21.8 Å². The summed E-state index contributed by atoms with van der Waals surface area (Å²) in [4.78, 5) is 66.2. The number of amides is 1. The molecule has 2 N–H and O–H groups in total. The molecule has 0 fully saturated rings. The van der Waals surface area contributed by atoms with Crippen LogP contribution < -0.4 is 10.7 Å². The van der Waals surface area contributed by atoms with Crippen LogP contribution in [0.2, 0.25) is 0 Å². The van der Waals surface area contributed by atoms with Gasteiger partial charge in [-0.25, -0.2) is 4.99 Å². The van der Waals surface area contributed by atoms with E-state index in [4.69, 9.17) is 9.73 Å². The number of fused-ring (bicyclic) bond motifs is 1. The average molecular weight is 597 g/mol. The van der Waals surface area contributed by atoms with Gasteiger partial charge in [-0.1, -0.05) is 20.8 Å². The molecule has 230 valence electrons. The lowest BCUT2D eigenvalue weighted by Crippen LogP contribution is -2.21. The van der Waals surface area contributed by atoms with Gasteiger partial charge in [0.05, 0.1) is 29.9 Å². The number of allylic oxidation sites excluding steroid dienone is 3. The number of aromatic amines is 2. The molecule has 9 nitrogen and oxygen atoms in total. The maximum atomic E-state index is 13.4. The van der Waals surface area contributed by atoms with Gasteiger partial charge in [0.2, 0.25) is 0 Å². The van der Waals surface area contributed by atoms with E-state index in [1.807, 2.05) is 39.8 Å². The molecule has 2 atom stereocenters. The van der Waals surface area contributed by atoms with Crippen molar-refractivity contribution in [1.29, 1.82) is 0 Å². The van der Waals surface area contributed by atoms with Gasteiger partial charge in [-0.15, -0.1) is 0 Å². The molecule has 44 heavy (non-hydrogen) atoms. The molecule has 9 heteroatoms. The van der Waals surface area contributed by atoms with Crippen molar-refractivity contribution < 1.29 is 23.9 Å². The third-order valence-electron chi connectivity index (χ3n) is 9.42. The lowest BCUT2D eigenvalue weighted by atomic mass is 9.84. The normalized spacial score (nSPS) is 22.4.